The monoisotopic (exact) mass is 310 g/mol. The smallest absolute Gasteiger partial charge is 0.337 e. The Hall–Kier alpha value is -2.28. The summed E-state index contributed by atoms with van der Waals surface area (Å²) in [5.74, 6) is -0.749. The molecule has 7 heteroatoms. The predicted octanol–water partition coefficient (Wildman–Crippen LogP) is 1.74. The lowest BCUT2D eigenvalue weighted by Crippen LogP contribution is -2.47. The number of aliphatic carboxylic acids is 1. The summed E-state index contributed by atoms with van der Waals surface area (Å²) < 4.78 is 5.62. The number of aliphatic hydroxyl groups is 1. The summed E-state index contributed by atoms with van der Waals surface area (Å²) in [6.07, 6.45) is 0.00781. The van der Waals surface area contributed by atoms with Crippen molar-refractivity contribution in [3.8, 4) is 5.75 Å². The van der Waals surface area contributed by atoms with Gasteiger partial charge in [-0.25, -0.2) is 9.59 Å². The van der Waals surface area contributed by atoms with Crippen LogP contribution in [0.15, 0.2) is 18.2 Å². The first kappa shape index (κ1) is 17.8. The van der Waals surface area contributed by atoms with Crippen LogP contribution in [-0.2, 0) is 4.79 Å². The first-order chi connectivity index (χ1) is 10.1. The van der Waals surface area contributed by atoms with Crippen molar-refractivity contribution in [3.63, 3.8) is 0 Å². The minimum Gasteiger partial charge on any atom is -0.491 e. The Kier molecular flexibility index (Phi) is 5.76. The van der Waals surface area contributed by atoms with Gasteiger partial charge in [-0.05, 0) is 39.3 Å². The molecule has 1 rings (SSSR count). The van der Waals surface area contributed by atoms with E-state index < -0.39 is 24.1 Å². The number of carbonyl (C=O) groups excluding carboxylic acids is 1. The number of anilines is 1. The first-order valence-electron chi connectivity index (χ1n) is 6.90. The maximum absolute atomic E-state index is 11.7. The number of carboxylic acid groups (broad SMARTS) is 1. The Balaban J connectivity index is 2.67. The molecule has 0 fully saturated rings. The first-order valence-corrected chi connectivity index (χ1v) is 6.90. The lowest BCUT2D eigenvalue weighted by atomic mass is 10.1. The molecule has 0 aromatic heterocycles. The number of hydrogen-bond acceptors (Lipinski definition) is 4. The van der Waals surface area contributed by atoms with Crippen molar-refractivity contribution >= 4 is 17.7 Å². The summed E-state index contributed by atoms with van der Waals surface area (Å²) in [5, 5.41) is 23.1. The van der Waals surface area contributed by atoms with Gasteiger partial charge in [-0.3, -0.25) is 0 Å². The molecule has 4 N–H and O–H groups in total. The van der Waals surface area contributed by atoms with Crippen LogP contribution in [0.3, 0.4) is 0 Å². The average Bonchev–Trinajstić information content (AvgIpc) is 2.40. The zero-order valence-corrected chi connectivity index (χ0v) is 13.1. The number of carboxylic acids is 1. The molecule has 0 heterocycles. The van der Waals surface area contributed by atoms with Crippen molar-refractivity contribution in [2.75, 3.05) is 11.9 Å². The molecule has 122 valence electrons. The second kappa shape index (κ2) is 7.13. The van der Waals surface area contributed by atoms with Crippen molar-refractivity contribution < 1.29 is 24.5 Å². The third-order valence-electron chi connectivity index (χ3n) is 2.86. The lowest BCUT2D eigenvalue weighted by molar-refractivity contribution is -0.155. The zero-order valence-electron chi connectivity index (χ0n) is 13.1. The SMILES string of the molecule is Cc1ccc(NC(=O)NCC(C)(O)C(=O)O)cc1OC(C)C. The van der Waals surface area contributed by atoms with Crippen LogP contribution in [0, 0.1) is 6.92 Å². The van der Waals surface area contributed by atoms with Gasteiger partial charge >= 0.3 is 12.0 Å². The molecular formula is C15H22N2O5. The third-order valence-corrected chi connectivity index (χ3v) is 2.86. The van der Waals surface area contributed by atoms with Crippen LogP contribution in [0.2, 0.25) is 0 Å². The number of urea groups is 1. The highest BCUT2D eigenvalue weighted by molar-refractivity contribution is 5.90. The number of amides is 2. The largest absolute Gasteiger partial charge is 0.491 e. The summed E-state index contributed by atoms with van der Waals surface area (Å²) in [7, 11) is 0. The minimum atomic E-state index is -2.02. The van der Waals surface area contributed by atoms with Gasteiger partial charge in [0.2, 0.25) is 0 Å². The Morgan fingerprint density at radius 1 is 1.36 bits per heavy atom. The minimum absolute atomic E-state index is 0.00781. The summed E-state index contributed by atoms with van der Waals surface area (Å²) in [5.41, 5.74) is -0.571. The van der Waals surface area contributed by atoms with Crippen LogP contribution in [0.4, 0.5) is 10.5 Å². The van der Waals surface area contributed by atoms with Gasteiger partial charge < -0.3 is 25.6 Å². The molecule has 0 aliphatic heterocycles. The van der Waals surface area contributed by atoms with E-state index in [9.17, 15) is 14.7 Å². The molecule has 0 saturated heterocycles. The van der Waals surface area contributed by atoms with Crippen LogP contribution in [0.5, 0.6) is 5.75 Å². The van der Waals surface area contributed by atoms with E-state index in [1.54, 1.807) is 18.2 Å². The third kappa shape index (κ3) is 5.25. The number of nitrogens with one attached hydrogen (secondary N) is 2. The van der Waals surface area contributed by atoms with E-state index >= 15 is 0 Å². The summed E-state index contributed by atoms with van der Waals surface area (Å²) in [4.78, 5) is 22.5. The molecule has 7 nitrogen and oxygen atoms in total. The summed E-state index contributed by atoms with van der Waals surface area (Å²) in [6.45, 7) is 6.40. The Bertz CT molecular complexity index is 555. The van der Waals surface area contributed by atoms with Crippen LogP contribution in [0.25, 0.3) is 0 Å². The highest BCUT2D eigenvalue weighted by atomic mass is 16.5. The van der Waals surface area contributed by atoms with Gasteiger partial charge in [0, 0.05) is 11.8 Å². The van der Waals surface area contributed by atoms with E-state index in [-0.39, 0.29) is 6.10 Å². The Morgan fingerprint density at radius 3 is 2.55 bits per heavy atom. The number of aryl methyl sites for hydroxylation is 1. The molecule has 0 spiro atoms. The molecule has 0 aliphatic carbocycles. The van der Waals surface area contributed by atoms with Gasteiger partial charge in [0.05, 0.1) is 12.6 Å². The number of rotatable bonds is 6. The zero-order chi connectivity index (χ0) is 16.9. The highest BCUT2D eigenvalue weighted by Gasteiger charge is 2.30. The van der Waals surface area contributed by atoms with Gasteiger partial charge in [0.15, 0.2) is 5.60 Å². The van der Waals surface area contributed by atoms with E-state index in [1.807, 2.05) is 20.8 Å². The molecular weight excluding hydrogens is 288 g/mol. The van der Waals surface area contributed by atoms with E-state index in [0.29, 0.717) is 11.4 Å². The summed E-state index contributed by atoms with van der Waals surface area (Å²) in [6, 6.07) is 4.59. The molecule has 0 saturated carbocycles. The van der Waals surface area contributed by atoms with Crippen molar-refractivity contribution in [1.82, 2.24) is 5.32 Å². The molecule has 1 atom stereocenters. The molecule has 1 aromatic carbocycles. The molecule has 1 aromatic rings. The van der Waals surface area contributed by atoms with Crippen LogP contribution in [-0.4, -0.2) is 40.5 Å². The number of ether oxygens (including phenoxy) is 1. The number of hydrogen-bond donors (Lipinski definition) is 4. The normalized spacial score (nSPS) is 13.4. The van der Waals surface area contributed by atoms with Crippen LogP contribution in [0.1, 0.15) is 26.3 Å². The molecule has 0 aliphatic rings. The van der Waals surface area contributed by atoms with Gasteiger partial charge in [0.25, 0.3) is 0 Å². The maximum Gasteiger partial charge on any atom is 0.337 e. The van der Waals surface area contributed by atoms with Crippen molar-refractivity contribution in [3.05, 3.63) is 23.8 Å². The highest BCUT2D eigenvalue weighted by Crippen LogP contribution is 2.23. The second-order valence-electron chi connectivity index (χ2n) is 5.53. The molecule has 22 heavy (non-hydrogen) atoms. The Morgan fingerprint density at radius 2 is 2.00 bits per heavy atom. The van der Waals surface area contributed by atoms with Gasteiger partial charge in [-0.1, -0.05) is 6.07 Å². The fraction of sp³-hybridized carbons (Fsp3) is 0.467. The predicted molar refractivity (Wildman–Crippen MR) is 82.2 cm³/mol. The van der Waals surface area contributed by atoms with Crippen molar-refractivity contribution in [2.45, 2.75) is 39.4 Å². The van der Waals surface area contributed by atoms with E-state index in [0.717, 1.165) is 12.5 Å². The molecule has 0 bridgehead atoms. The van der Waals surface area contributed by atoms with E-state index in [2.05, 4.69) is 10.6 Å². The number of carbonyl (C=O) groups is 2. The quantitative estimate of drug-likeness (QED) is 0.640. The Labute approximate surface area is 129 Å². The second-order valence-corrected chi connectivity index (χ2v) is 5.53. The molecule has 1 unspecified atom stereocenters. The number of benzene rings is 1. The topological polar surface area (TPSA) is 108 Å². The van der Waals surface area contributed by atoms with Gasteiger partial charge in [-0.15, -0.1) is 0 Å². The van der Waals surface area contributed by atoms with E-state index in [1.165, 1.54) is 0 Å². The van der Waals surface area contributed by atoms with Crippen molar-refractivity contribution in [2.24, 2.45) is 0 Å². The fourth-order valence-electron chi connectivity index (χ4n) is 1.56. The molecule has 2 amide bonds. The van der Waals surface area contributed by atoms with E-state index in [4.69, 9.17) is 9.84 Å². The van der Waals surface area contributed by atoms with Crippen LogP contribution < -0.4 is 15.4 Å². The molecule has 0 radical (unpaired) electrons. The maximum atomic E-state index is 11.7. The fourth-order valence-corrected chi connectivity index (χ4v) is 1.56. The van der Waals surface area contributed by atoms with Crippen molar-refractivity contribution in [1.29, 1.82) is 0 Å². The standard InChI is InChI=1S/C15H22N2O5/c1-9(2)22-12-7-11(6-5-10(12)3)17-14(20)16-8-15(4,21)13(18)19/h5-7,9,21H,8H2,1-4H3,(H,18,19)(H2,16,17,20). The van der Waals surface area contributed by atoms with Crippen LogP contribution >= 0.6 is 0 Å². The lowest BCUT2D eigenvalue weighted by Gasteiger charge is -2.19. The van der Waals surface area contributed by atoms with Gasteiger partial charge in [-0.2, -0.15) is 0 Å². The average molecular weight is 310 g/mol. The van der Waals surface area contributed by atoms with Gasteiger partial charge in [0.1, 0.15) is 5.75 Å². The summed E-state index contributed by atoms with van der Waals surface area (Å²) >= 11 is 0.